The maximum atomic E-state index is 12.3. The molecule has 3 aromatic rings. The standard InChI is InChI=1S/C16H17N5O2S/c1-12-8-9-14(10-13(12)2)21-16(18-19-20-21)11-17-24(22,23)15-6-4-3-5-7-15/h3-10,17H,11H2,1-2H3. The number of nitrogens with one attached hydrogen (secondary N) is 1. The molecule has 3 rings (SSSR count). The third-order valence-corrected chi connectivity index (χ3v) is 5.16. The van der Waals surface area contributed by atoms with Crippen LogP contribution >= 0.6 is 0 Å². The normalized spacial score (nSPS) is 11.6. The summed E-state index contributed by atoms with van der Waals surface area (Å²) in [6.45, 7) is 4.02. The molecule has 2 aromatic carbocycles. The van der Waals surface area contributed by atoms with E-state index in [1.54, 1.807) is 18.2 Å². The highest BCUT2D eigenvalue weighted by molar-refractivity contribution is 7.89. The predicted molar refractivity (Wildman–Crippen MR) is 89.1 cm³/mol. The molecule has 0 aliphatic carbocycles. The first kappa shape index (κ1) is 16.3. The minimum atomic E-state index is -3.61. The molecule has 124 valence electrons. The summed E-state index contributed by atoms with van der Waals surface area (Å²) in [4.78, 5) is 0.204. The number of hydrogen-bond donors (Lipinski definition) is 1. The average molecular weight is 343 g/mol. The fourth-order valence-electron chi connectivity index (χ4n) is 2.22. The van der Waals surface area contributed by atoms with Crippen molar-refractivity contribution in [1.29, 1.82) is 0 Å². The predicted octanol–water partition coefficient (Wildman–Crippen LogP) is 1.76. The van der Waals surface area contributed by atoms with Gasteiger partial charge in [0.2, 0.25) is 10.0 Å². The monoisotopic (exact) mass is 343 g/mol. The zero-order valence-corrected chi connectivity index (χ0v) is 14.2. The van der Waals surface area contributed by atoms with Crippen molar-refractivity contribution in [3.63, 3.8) is 0 Å². The van der Waals surface area contributed by atoms with Crippen LogP contribution in [0.3, 0.4) is 0 Å². The largest absolute Gasteiger partial charge is 0.240 e. The number of aromatic nitrogens is 4. The number of hydrogen-bond acceptors (Lipinski definition) is 5. The number of rotatable bonds is 5. The number of benzene rings is 2. The highest BCUT2D eigenvalue weighted by Crippen LogP contribution is 2.14. The van der Waals surface area contributed by atoms with Gasteiger partial charge >= 0.3 is 0 Å². The van der Waals surface area contributed by atoms with Gasteiger partial charge < -0.3 is 0 Å². The summed E-state index contributed by atoms with van der Waals surface area (Å²) in [5.74, 6) is 0.415. The Labute approximate surface area is 140 Å². The summed E-state index contributed by atoms with van der Waals surface area (Å²) in [5, 5.41) is 11.5. The molecule has 1 aromatic heterocycles. The van der Waals surface area contributed by atoms with Crippen LogP contribution in [0.2, 0.25) is 0 Å². The van der Waals surface area contributed by atoms with Crippen LogP contribution in [0, 0.1) is 13.8 Å². The van der Waals surface area contributed by atoms with Crippen molar-refractivity contribution >= 4 is 10.0 Å². The number of tetrazole rings is 1. The zero-order chi connectivity index (χ0) is 17.2. The van der Waals surface area contributed by atoms with Crippen molar-refractivity contribution < 1.29 is 8.42 Å². The fourth-order valence-corrected chi connectivity index (χ4v) is 3.22. The van der Waals surface area contributed by atoms with E-state index in [1.165, 1.54) is 16.8 Å². The first-order valence-corrected chi connectivity index (χ1v) is 8.85. The Hall–Kier alpha value is -2.58. The first-order valence-electron chi connectivity index (χ1n) is 7.37. The molecule has 0 atom stereocenters. The molecule has 0 saturated carbocycles. The van der Waals surface area contributed by atoms with Gasteiger partial charge in [0.15, 0.2) is 5.82 Å². The van der Waals surface area contributed by atoms with Crippen molar-refractivity contribution in [3.8, 4) is 5.69 Å². The lowest BCUT2D eigenvalue weighted by Gasteiger charge is -2.08. The molecule has 7 nitrogen and oxygen atoms in total. The van der Waals surface area contributed by atoms with Crippen LogP contribution in [0.15, 0.2) is 53.4 Å². The van der Waals surface area contributed by atoms with E-state index in [1.807, 2.05) is 32.0 Å². The second kappa shape index (κ2) is 6.50. The lowest BCUT2D eigenvalue weighted by atomic mass is 10.1. The van der Waals surface area contributed by atoms with Gasteiger partial charge in [-0.2, -0.15) is 4.68 Å². The molecule has 0 fully saturated rings. The molecule has 24 heavy (non-hydrogen) atoms. The number of nitrogens with zero attached hydrogens (tertiary/aromatic N) is 4. The van der Waals surface area contributed by atoms with Crippen LogP contribution < -0.4 is 4.72 Å². The molecular formula is C16H17N5O2S. The van der Waals surface area contributed by atoms with Gasteiger partial charge in [0.25, 0.3) is 0 Å². The van der Waals surface area contributed by atoms with Crippen LogP contribution in [0.1, 0.15) is 17.0 Å². The van der Waals surface area contributed by atoms with E-state index in [9.17, 15) is 8.42 Å². The molecule has 0 unspecified atom stereocenters. The Morgan fingerprint density at radius 3 is 2.50 bits per heavy atom. The van der Waals surface area contributed by atoms with Gasteiger partial charge in [-0.1, -0.05) is 24.3 Å². The van der Waals surface area contributed by atoms with E-state index in [0.29, 0.717) is 5.82 Å². The van der Waals surface area contributed by atoms with E-state index in [-0.39, 0.29) is 11.4 Å². The van der Waals surface area contributed by atoms with Gasteiger partial charge in [0.05, 0.1) is 17.1 Å². The van der Waals surface area contributed by atoms with Crippen molar-refractivity contribution in [3.05, 3.63) is 65.5 Å². The second-order valence-electron chi connectivity index (χ2n) is 5.41. The highest BCUT2D eigenvalue weighted by atomic mass is 32.2. The van der Waals surface area contributed by atoms with Crippen molar-refractivity contribution in [2.75, 3.05) is 0 Å². The lowest BCUT2D eigenvalue weighted by molar-refractivity contribution is 0.578. The van der Waals surface area contributed by atoms with Gasteiger partial charge in [-0.25, -0.2) is 13.1 Å². The van der Waals surface area contributed by atoms with Gasteiger partial charge in [-0.05, 0) is 59.7 Å². The summed E-state index contributed by atoms with van der Waals surface area (Å²) in [6, 6.07) is 14.0. The van der Waals surface area contributed by atoms with Crippen LogP contribution in [-0.4, -0.2) is 28.6 Å². The third kappa shape index (κ3) is 3.34. The lowest BCUT2D eigenvalue weighted by Crippen LogP contribution is -2.25. The maximum Gasteiger partial charge on any atom is 0.240 e. The molecule has 0 aliphatic rings. The summed E-state index contributed by atoms with van der Waals surface area (Å²) < 4.78 is 28.6. The minimum Gasteiger partial charge on any atom is -0.207 e. The molecule has 0 amide bonds. The van der Waals surface area contributed by atoms with Crippen LogP contribution in [0.5, 0.6) is 0 Å². The summed E-state index contributed by atoms with van der Waals surface area (Å²) >= 11 is 0. The van der Waals surface area contributed by atoms with Gasteiger partial charge in [-0.15, -0.1) is 5.10 Å². The van der Waals surface area contributed by atoms with Gasteiger partial charge in [0, 0.05) is 0 Å². The summed E-state index contributed by atoms with van der Waals surface area (Å²) in [5.41, 5.74) is 3.06. The van der Waals surface area contributed by atoms with Crippen LogP contribution in [-0.2, 0) is 16.6 Å². The highest BCUT2D eigenvalue weighted by Gasteiger charge is 2.16. The first-order chi connectivity index (χ1) is 11.5. The van der Waals surface area contributed by atoms with Crippen LogP contribution in [0.4, 0.5) is 0 Å². The van der Waals surface area contributed by atoms with E-state index >= 15 is 0 Å². The Kier molecular flexibility index (Phi) is 4.41. The van der Waals surface area contributed by atoms with Gasteiger partial charge in [0.1, 0.15) is 0 Å². The molecule has 0 spiro atoms. The molecule has 8 heteroatoms. The van der Waals surface area contributed by atoms with Crippen molar-refractivity contribution in [1.82, 2.24) is 24.9 Å². The molecule has 0 aliphatic heterocycles. The summed E-state index contributed by atoms with van der Waals surface area (Å²) in [6.07, 6.45) is 0. The molecule has 0 saturated heterocycles. The second-order valence-corrected chi connectivity index (χ2v) is 7.18. The number of aryl methyl sites for hydroxylation is 2. The molecule has 1 N–H and O–H groups in total. The van der Waals surface area contributed by atoms with E-state index in [2.05, 4.69) is 20.2 Å². The molecule has 0 bridgehead atoms. The maximum absolute atomic E-state index is 12.3. The molecular weight excluding hydrogens is 326 g/mol. The number of sulfonamides is 1. The topological polar surface area (TPSA) is 89.8 Å². The van der Waals surface area contributed by atoms with Crippen molar-refractivity contribution in [2.45, 2.75) is 25.3 Å². The Bertz CT molecular complexity index is 952. The van der Waals surface area contributed by atoms with Crippen molar-refractivity contribution in [2.24, 2.45) is 0 Å². The summed E-state index contributed by atoms with van der Waals surface area (Å²) in [7, 11) is -3.61. The Morgan fingerprint density at radius 1 is 1.04 bits per heavy atom. The third-order valence-electron chi connectivity index (χ3n) is 3.74. The quantitative estimate of drug-likeness (QED) is 0.762. The van der Waals surface area contributed by atoms with E-state index in [0.717, 1.165) is 16.8 Å². The zero-order valence-electron chi connectivity index (χ0n) is 13.3. The minimum absolute atomic E-state index is 0.00283. The van der Waals surface area contributed by atoms with E-state index in [4.69, 9.17) is 0 Å². The smallest absolute Gasteiger partial charge is 0.207 e. The Morgan fingerprint density at radius 2 is 1.79 bits per heavy atom. The fraction of sp³-hybridized carbons (Fsp3) is 0.188. The van der Waals surface area contributed by atoms with Crippen LogP contribution in [0.25, 0.3) is 5.69 Å². The Balaban J connectivity index is 1.83. The molecule has 1 heterocycles. The molecule has 0 radical (unpaired) electrons. The van der Waals surface area contributed by atoms with Gasteiger partial charge in [-0.3, -0.25) is 0 Å². The SMILES string of the molecule is Cc1ccc(-n2nnnc2CNS(=O)(=O)c2ccccc2)cc1C. The average Bonchev–Trinajstić information content (AvgIpc) is 3.05. The van der Waals surface area contributed by atoms with E-state index < -0.39 is 10.0 Å².